The molecule has 0 aliphatic carbocycles. The Morgan fingerprint density at radius 3 is 2.20 bits per heavy atom. The number of carbonyl (C=O) groups excluding carboxylic acids is 1. The third-order valence-electron chi connectivity index (χ3n) is 3.17. The first-order valence-corrected chi connectivity index (χ1v) is 6.16. The highest BCUT2D eigenvalue weighted by Crippen LogP contribution is 2.27. The number of phenolic OH excluding ortho intramolecular Hbond substituents is 1. The Hall–Kier alpha value is -2.62. The lowest BCUT2D eigenvalue weighted by Crippen LogP contribution is -2.08. The molecule has 102 valence electrons. The number of ketones is 1. The van der Waals surface area contributed by atoms with Crippen LogP contribution >= 0.6 is 0 Å². The predicted molar refractivity (Wildman–Crippen MR) is 74.0 cm³/mol. The molecular formula is C16H14O4. The molecule has 2 aromatic carbocycles. The van der Waals surface area contributed by atoms with Crippen molar-refractivity contribution >= 4 is 11.8 Å². The molecule has 0 aliphatic rings. The first-order valence-electron chi connectivity index (χ1n) is 6.16. The molecular weight excluding hydrogens is 256 g/mol. The lowest BCUT2D eigenvalue weighted by Gasteiger charge is -2.10. The SMILES string of the molecule is CC(C(=O)O)c1ccc(C(=O)c2ccccc2)cc1O. The van der Waals surface area contributed by atoms with Gasteiger partial charge in [-0.05, 0) is 13.0 Å². The Kier molecular flexibility index (Phi) is 3.84. The number of aliphatic carboxylic acids is 1. The minimum atomic E-state index is -1.03. The van der Waals surface area contributed by atoms with Gasteiger partial charge in [-0.25, -0.2) is 0 Å². The normalized spacial score (nSPS) is 11.8. The molecule has 20 heavy (non-hydrogen) atoms. The molecule has 0 heterocycles. The van der Waals surface area contributed by atoms with Gasteiger partial charge in [0.1, 0.15) is 5.75 Å². The van der Waals surface area contributed by atoms with Gasteiger partial charge < -0.3 is 10.2 Å². The second-order valence-corrected chi connectivity index (χ2v) is 4.53. The maximum Gasteiger partial charge on any atom is 0.310 e. The van der Waals surface area contributed by atoms with E-state index in [0.717, 1.165) is 0 Å². The minimum Gasteiger partial charge on any atom is -0.508 e. The lowest BCUT2D eigenvalue weighted by atomic mass is 9.96. The largest absolute Gasteiger partial charge is 0.508 e. The Bertz CT molecular complexity index is 647. The van der Waals surface area contributed by atoms with E-state index in [1.54, 1.807) is 24.3 Å². The van der Waals surface area contributed by atoms with Crippen LogP contribution in [0.5, 0.6) is 5.75 Å². The zero-order valence-electron chi connectivity index (χ0n) is 10.9. The van der Waals surface area contributed by atoms with E-state index >= 15 is 0 Å². The van der Waals surface area contributed by atoms with Gasteiger partial charge in [-0.2, -0.15) is 0 Å². The summed E-state index contributed by atoms with van der Waals surface area (Å²) in [6, 6.07) is 13.0. The van der Waals surface area contributed by atoms with Crippen LogP contribution in [0.3, 0.4) is 0 Å². The summed E-state index contributed by atoms with van der Waals surface area (Å²) in [4.78, 5) is 23.1. The lowest BCUT2D eigenvalue weighted by molar-refractivity contribution is -0.138. The minimum absolute atomic E-state index is 0.179. The summed E-state index contributed by atoms with van der Waals surface area (Å²) in [5, 5.41) is 18.8. The highest BCUT2D eigenvalue weighted by molar-refractivity contribution is 6.09. The second kappa shape index (κ2) is 5.57. The number of carboxylic acids is 1. The van der Waals surface area contributed by atoms with E-state index < -0.39 is 11.9 Å². The molecule has 1 unspecified atom stereocenters. The van der Waals surface area contributed by atoms with E-state index in [1.165, 1.54) is 25.1 Å². The summed E-state index contributed by atoms with van der Waals surface area (Å²) in [7, 11) is 0. The summed E-state index contributed by atoms with van der Waals surface area (Å²) < 4.78 is 0. The van der Waals surface area contributed by atoms with Crippen LogP contribution in [0.2, 0.25) is 0 Å². The fourth-order valence-electron chi connectivity index (χ4n) is 1.94. The summed E-state index contributed by atoms with van der Waals surface area (Å²) in [6.07, 6.45) is 0. The van der Waals surface area contributed by atoms with Crippen LogP contribution in [0, 0.1) is 0 Å². The van der Waals surface area contributed by atoms with E-state index in [-0.39, 0.29) is 11.5 Å². The standard InChI is InChI=1S/C16H14O4/c1-10(16(19)20)13-8-7-12(9-14(13)17)15(18)11-5-3-2-4-6-11/h2-10,17H,1H3,(H,19,20). The first kappa shape index (κ1) is 13.8. The maximum absolute atomic E-state index is 12.2. The van der Waals surface area contributed by atoms with Crippen molar-refractivity contribution in [3.05, 3.63) is 65.2 Å². The number of carboxylic acid groups (broad SMARTS) is 1. The topological polar surface area (TPSA) is 74.6 Å². The average Bonchev–Trinajstić information content (AvgIpc) is 2.46. The van der Waals surface area contributed by atoms with Gasteiger partial charge in [-0.3, -0.25) is 9.59 Å². The zero-order chi connectivity index (χ0) is 14.7. The molecule has 2 rings (SSSR count). The van der Waals surface area contributed by atoms with Crippen molar-refractivity contribution in [2.24, 2.45) is 0 Å². The third-order valence-corrected chi connectivity index (χ3v) is 3.17. The van der Waals surface area contributed by atoms with Crippen LogP contribution < -0.4 is 0 Å². The van der Waals surface area contributed by atoms with E-state index in [1.807, 2.05) is 6.07 Å². The van der Waals surface area contributed by atoms with Gasteiger partial charge in [0, 0.05) is 16.7 Å². The smallest absolute Gasteiger partial charge is 0.310 e. The Morgan fingerprint density at radius 1 is 1.00 bits per heavy atom. The number of aromatic hydroxyl groups is 1. The molecule has 0 aliphatic heterocycles. The molecule has 0 aromatic heterocycles. The van der Waals surface area contributed by atoms with Gasteiger partial charge >= 0.3 is 5.97 Å². The molecule has 0 fully saturated rings. The molecule has 0 saturated heterocycles. The number of rotatable bonds is 4. The van der Waals surface area contributed by atoms with Crippen LogP contribution in [0.25, 0.3) is 0 Å². The molecule has 0 bridgehead atoms. The van der Waals surface area contributed by atoms with Crippen LogP contribution in [-0.2, 0) is 4.79 Å². The fourth-order valence-corrected chi connectivity index (χ4v) is 1.94. The van der Waals surface area contributed by atoms with Crippen LogP contribution in [0.15, 0.2) is 48.5 Å². The molecule has 4 nitrogen and oxygen atoms in total. The summed E-state index contributed by atoms with van der Waals surface area (Å²) in [5.74, 6) is -2.24. The van der Waals surface area contributed by atoms with Gasteiger partial charge in [0.15, 0.2) is 5.78 Å². The molecule has 0 saturated carbocycles. The van der Waals surface area contributed by atoms with Gasteiger partial charge in [-0.1, -0.05) is 42.5 Å². The van der Waals surface area contributed by atoms with Crippen molar-refractivity contribution in [1.82, 2.24) is 0 Å². The number of phenols is 1. The molecule has 2 N–H and O–H groups in total. The van der Waals surface area contributed by atoms with E-state index in [9.17, 15) is 14.7 Å². The van der Waals surface area contributed by atoms with Gasteiger partial charge in [0.2, 0.25) is 0 Å². The first-order chi connectivity index (χ1) is 9.50. The predicted octanol–water partition coefficient (Wildman–Crippen LogP) is 2.81. The number of benzene rings is 2. The zero-order valence-corrected chi connectivity index (χ0v) is 10.9. The summed E-state index contributed by atoms with van der Waals surface area (Å²) in [6.45, 7) is 1.48. The van der Waals surface area contributed by atoms with E-state index in [0.29, 0.717) is 16.7 Å². The maximum atomic E-state index is 12.2. The van der Waals surface area contributed by atoms with Gasteiger partial charge in [-0.15, -0.1) is 0 Å². The van der Waals surface area contributed by atoms with Crippen LogP contribution in [0.1, 0.15) is 34.3 Å². The van der Waals surface area contributed by atoms with Gasteiger partial charge in [0.25, 0.3) is 0 Å². The third kappa shape index (κ3) is 2.69. The monoisotopic (exact) mass is 270 g/mol. The number of carbonyl (C=O) groups is 2. The molecule has 1 atom stereocenters. The average molecular weight is 270 g/mol. The highest BCUT2D eigenvalue weighted by Gasteiger charge is 2.19. The molecule has 2 aromatic rings. The van der Waals surface area contributed by atoms with Crippen molar-refractivity contribution in [2.75, 3.05) is 0 Å². The van der Waals surface area contributed by atoms with Crippen LogP contribution in [-0.4, -0.2) is 22.0 Å². The quantitative estimate of drug-likeness (QED) is 0.838. The molecule has 4 heteroatoms. The Labute approximate surface area is 116 Å². The van der Waals surface area contributed by atoms with Crippen LogP contribution in [0.4, 0.5) is 0 Å². The van der Waals surface area contributed by atoms with Crippen molar-refractivity contribution in [3.8, 4) is 5.75 Å². The van der Waals surface area contributed by atoms with Gasteiger partial charge in [0.05, 0.1) is 5.92 Å². The Morgan fingerprint density at radius 2 is 1.65 bits per heavy atom. The summed E-state index contributed by atoms with van der Waals surface area (Å²) in [5.41, 5.74) is 1.14. The highest BCUT2D eigenvalue weighted by atomic mass is 16.4. The van der Waals surface area contributed by atoms with Crippen molar-refractivity contribution in [1.29, 1.82) is 0 Å². The molecule has 0 amide bonds. The number of hydrogen-bond donors (Lipinski definition) is 2. The van der Waals surface area contributed by atoms with Crippen molar-refractivity contribution in [3.63, 3.8) is 0 Å². The fraction of sp³-hybridized carbons (Fsp3) is 0.125. The van der Waals surface area contributed by atoms with Crippen molar-refractivity contribution in [2.45, 2.75) is 12.8 Å². The number of hydrogen-bond acceptors (Lipinski definition) is 3. The Balaban J connectivity index is 2.35. The summed E-state index contributed by atoms with van der Waals surface area (Å²) >= 11 is 0. The molecule has 0 spiro atoms. The van der Waals surface area contributed by atoms with Crippen molar-refractivity contribution < 1.29 is 19.8 Å². The second-order valence-electron chi connectivity index (χ2n) is 4.53. The van der Waals surface area contributed by atoms with E-state index in [2.05, 4.69) is 0 Å². The van der Waals surface area contributed by atoms with E-state index in [4.69, 9.17) is 5.11 Å². The molecule has 0 radical (unpaired) electrons.